The quantitative estimate of drug-likeness (QED) is 0.218. The number of rotatable bonds is 5. The summed E-state index contributed by atoms with van der Waals surface area (Å²) in [5, 5.41) is 14.4. The van der Waals surface area contributed by atoms with Crippen molar-refractivity contribution in [3.05, 3.63) is 29.6 Å². The summed E-state index contributed by atoms with van der Waals surface area (Å²) >= 11 is 0. The lowest BCUT2D eigenvalue weighted by atomic mass is 10.2. The van der Waals surface area contributed by atoms with Gasteiger partial charge in [-0.3, -0.25) is 4.98 Å². The fraction of sp³-hybridized carbons (Fsp3) is 0.400. The van der Waals surface area contributed by atoms with Crippen LogP contribution in [0.15, 0.2) is 23.5 Å². The van der Waals surface area contributed by atoms with E-state index in [-0.39, 0.29) is 5.84 Å². The SMILES string of the molecule is Cc1cccnc1CNCCC(N)=NO. The third kappa shape index (κ3) is 3.95. The van der Waals surface area contributed by atoms with Crippen LogP contribution in [0.1, 0.15) is 17.7 Å². The first kappa shape index (κ1) is 11.5. The Hall–Kier alpha value is -1.62. The summed E-state index contributed by atoms with van der Waals surface area (Å²) in [5.74, 6) is 0.236. The van der Waals surface area contributed by atoms with Crippen LogP contribution in [0.25, 0.3) is 0 Å². The molecule has 1 aromatic heterocycles. The van der Waals surface area contributed by atoms with Crippen LogP contribution in [0.4, 0.5) is 0 Å². The zero-order valence-electron chi connectivity index (χ0n) is 8.77. The summed E-state index contributed by atoms with van der Waals surface area (Å²) in [4.78, 5) is 4.24. The average molecular weight is 208 g/mol. The predicted octanol–water partition coefficient (Wildman–Crippen LogP) is 0.616. The molecule has 1 heterocycles. The normalized spacial score (nSPS) is 11.7. The molecule has 0 radical (unpaired) electrons. The summed E-state index contributed by atoms with van der Waals surface area (Å²) < 4.78 is 0. The highest BCUT2D eigenvalue weighted by Gasteiger charge is 1.98. The van der Waals surface area contributed by atoms with E-state index in [9.17, 15) is 0 Å². The number of nitrogens with two attached hydrogens (primary N) is 1. The summed E-state index contributed by atoms with van der Waals surface area (Å²) in [6.07, 6.45) is 2.30. The van der Waals surface area contributed by atoms with Gasteiger partial charge in [-0.15, -0.1) is 0 Å². The maximum atomic E-state index is 8.32. The van der Waals surface area contributed by atoms with Gasteiger partial charge in [-0.2, -0.15) is 0 Å². The molecule has 15 heavy (non-hydrogen) atoms. The Morgan fingerprint density at radius 3 is 3.13 bits per heavy atom. The smallest absolute Gasteiger partial charge is 0.140 e. The standard InChI is InChI=1S/C10H16N4O/c1-8-3-2-5-13-9(8)7-12-6-4-10(11)14-15/h2-3,5,12,15H,4,6-7H2,1H3,(H2,11,14). The van der Waals surface area contributed by atoms with Crippen molar-refractivity contribution in [1.82, 2.24) is 10.3 Å². The minimum absolute atomic E-state index is 0.236. The number of hydrogen-bond donors (Lipinski definition) is 3. The third-order valence-electron chi connectivity index (χ3n) is 2.10. The number of aryl methyl sites for hydroxylation is 1. The molecule has 0 saturated carbocycles. The molecule has 82 valence electrons. The molecule has 4 N–H and O–H groups in total. The zero-order valence-corrected chi connectivity index (χ0v) is 8.77. The van der Waals surface area contributed by atoms with E-state index in [0.717, 1.165) is 11.3 Å². The van der Waals surface area contributed by atoms with Gasteiger partial charge in [-0.05, 0) is 18.6 Å². The van der Waals surface area contributed by atoms with Crippen LogP contribution >= 0.6 is 0 Å². The molecular weight excluding hydrogens is 192 g/mol. The van der Waals surface area contributed by atoms with Gasteiger partial charge in [0.2, 0.25) is 0 Å². The van der Waals surface area contributed by atoms with Crippen molar-refractivity contribution in [2.75, 3.05) is 6.54 Å². The Kier molecular flexibility index (Phi) is 4.56. The molecular formula is C10H16N4O. The fourth-order valence-corrected chi connectivity index (χ4v) is 1.18. The summed E-state index contributed by atoms with van der Waals surface area (Å²) in [7, 11) is 0. The largest absolute Gasteiger partial charge is 0.409 e. The molecule has 0 bridgehead atoms. The number of nitrogens with one attached hydrogen (secondary N) is 1. The van der Waals surface area contributed by atoms with Crippen molar-refractivity contribution in [3.63, 3.8) is 0 Å². The number of nitrogens with zero attached hydrogens (tertiary/aromatic N) is 2. The van der Waals surface area contributed by atoms with Gasteiger partial charge in [0.1, 0.15) is 5.84 Å². The number of hydrogen-bond acceptors (Lipinski definition) is 4. The van der Waals surface area contributed by atoms with Crippen molar-refractivity contribution in [2.45, 2.75) is 19.9 Å². The summed E-state index contributed by atoms with van der Waals surface area (Å²) in [5.41, 5.74) is 7.51. The van der Waals surface area contributed by atoms with Gasteiger partial charge in [0.15, 0.2) is 0 Å². The molecule has 0 saturated heterocycles. The molecule has 0 aliphatic heterocycles. The highest BCUT2D eigenvalue weighted by molar-refractivity contribution is 5.79. The van der Waals surface area contributed by atoms with Gasteiger partial charge >= 0.3 is 0 Å². The van der Waals surface area contributed by atoms with E-state index in [2.05, 4.69) is 15.5 Å². The van der Waals surface area contributed by atoms with Crippen LogP contribution in [0.2, 0.25) is 0 Å². The van der Waals surface area contributed by atoms with Crippen LogP contribution in [-0.2, 0) is 6.54 Å². The second kappa shape index (κ2) is 5.98. The van der Waals surface area contributed by atoms with E-state index in [1.807, 2.05) is 19.1 Å². The van der Waals surface area contributed by atoms with Crippen molar-refractivity contribution in [1.29, 1.82) is 0 Å². The maximum Gasteiger partial charge on any atom is 0.140 e. The van der Waals surface area contributed by atoms with Crippen LogP contribution in [0, 0.1) is 6.92 Å². The lowest BCUT2D eigenvalue weighted by Crippen LogP contribution is -2.22. The Labute approximate surface area is 89.0 Å². The highest BCUT2D eigenvalue weighted by Crippen LogP contribution is 2.01. The molecule has 0 amide bonds. The molecule has 0 aromatic carbocycles. The van der Waals surface area contributed by atoms with Gasteiger partial charge in [0.05, 0.1) is 5.69 Å². The minimum Gasteiger partial charge on any atom is -0.409 e. The highest BCUT2D eigenvalue weighted by atomic mass is 16.4. The molecule has 5 nitrogen and oxygen atoms in total. The monoisotopic (exact) mass is 208 g/mol. The van der Waals surface area contributed by atoms with E-state index in [0.29, 0.717) is 19.5 Å². The second-order valence-corrected chi connectivity index (χ2v) is 3.29. The lowest BCUT2D eigenvalue weighted by Gasteiger charge is -2.05. The van der Waals surface area contributed by atoms with Crippen LogP contribution in [0.5, 0.6) is 0 Å². The van der Waals surface area contributed by atoms with Crippen molar-refractivity contribution >= 4 is 5.84 Å². The number of pyridine rings is 1. The molecule has 0 atom stereocenters. The Bertz CT molecular complexity index is 338. The summed E-state index contributed by atoms with van der Waals surface area (Å²) in [6.45, 7) is 3.39. The minimum atomic E-state index is 0.236. The second-order valence-electron chi connectivity index (χ2n) is 3.29. The molecule has 0 spiro atoms. The molecule has 0 unspecified atom stereocenters. The van der Waals surface area contributed by atoms with E-state index < -0.39 is 0 Å². The van der Waals surface area contributed by atoms with Crippen molar-refractivity contribution in [2.24, 2.45) is 10.9 Å². The maximum absolute atomic E-state index is 8.32. The first-order chi connectivity index (χ1) is 7.24. The van der Waals surface area contributed by atoms with Gasteiger partial charge in [-0.1, -0.05) is 11.2 Å². The van der Waals surface area contributed by atoms with Crippen molar-refractivity contribution in [3.8, 4) is 0 Å². The molecule has 5 heteroatoms. The first-order valence-corrected chi connectivity index (χ1v) is 4.81. The van der Waals surface area contributed by atoms with Gasteiger partial charge in [0, 0.05) is 25.7 Å². The molecule has 0 fully saturated rings. The summed E-state index contributed by atoms with van der Waals surface area (Å²) in [6, 6.07) is 3.93. The fourth-order valence-electron chi connectivity index (χ4n) is 1.18. The topological polar surface area (TPSA) is 83.5 Å². The van der Waals surface area contributed by atoms with E-state index in [4.69, 9.17) is 10.9 Å². The number of aromatic nitrogens is 1. The van der Waals surface area contributed by atoms with Crippen LogP contribution in [-0.4, -0.2) is 22.6 Å². The molecule has 0 aliphatic rings. The first-order valence-electron chi connectivity index (χ1n) is 4.81. The van der Waals surface area contributed by atoms with E-state index in [1.54, 1.807) is 6.20 Å². The lowest BCUT2D eigenvalue weighted by molar-refractivity contribution is 0.316. The van der Waals surface area contributed by atoms with E-state index in [1.165, 1.54) is 0 Å². The predicted molar refractivity (Wildman–Crippen MR) is 58.7 cm³/mol. The van der Waals surface area contributed by atoms with E-state index >= 15 is 0 Å². The van der Waals surface area contributed by atoms with Gasteiger partial charge in [0.25, 0.3) is 0 Å². The Morgan fingerprint density at radius 2 is 2.47 bits per heavy atom. The Morgan fingerprint density at radius 1 is 1.67 bits per heavy atom. The molecule has 0 aliphatic carbocycles. The van der Waals surface area contributed by atoms with Gasteiger partial charge < -0.3 is 16.3 Å². The van der Waals surface area contributed by atoms with Gasteiger partial charge in [-0.25, -0.2) is 0 Å². The van der Waals surface area contributed by atoms with Crippen LogP contribution < -0.4 is 11.1 Å². The third-order valence-corrected chi connectivity index (χ3v) is 2.10. The van der Waals surface area contributed by atoms with Crippen LogP contribution in [0.3, 0.4) is 0 Å². The Balaban J connectivity index is 2.29. The molecule has 1 aromatic rings. The number of oxime groups is 1. The average Bonchev–Trinajstić information content (AvgIpc) is 2.26. The zero-order chi connectivity index (χ0) is 11.1. The molecule has 1 rings (SSSR count). The number of amidine groups is 1. The van der Waals surface area contributed by atoms with Crippen molar-refractivity contribution < 1.29 is 5.21 Å².